The average Bonchev–Trinajstić information content (AvgIpc) is 2.16. The first-order chi connectivity index (χ1) is 7.50. The van der Waals surface area contributed by atoms with Crippen LogP contribution in [0.5, 0.6) is 5.75 Å². The summed E-state index contributed by atoms with van der Waals surface area (Å²) in [5, 5.41) is 10.4. The molecule has 0 fully saturated rings. The van der Waals surface area contributed by atoms with Gasteiger partial charge in [-0.3, -0.25) is 14.9 Å². The number of rotatable bonds is 5. The number of ether oxygens (including phenoxy) is 1. The number of hydrogen-bond acceptors (Lipinski definition) is 4. The highest BCUT2D eigenvalue weighted by molar-refractivity contribution is 6.32. The monoisotopic (exact) mass is 244 g/mol. The maximum absolute atomic E-state index is 10.5. The van der Waals surface area contributed by atoms with E-state index in [-0.39, 0.29) is 23.7 Å². The summed E-state index contributed by atoms with van der Waals surface area (Å²) < 4.78 is 5.12. The molecule has 0 heterocycles. The molecule has 0 aromatic heterocycles. The summed E-state index contributed by atoms with van der Waals surface area (Å²) >= 11 is 5.65. The standard InChI is InChI=1S/C9H9ClN2O4/c10-7-5-6(16-4-3-9(11)13)1-2-8(7)12(14)15/h1-2,5H,3-4H2,(H2,11,13). The first kappa shape index (κ1) is 12.3. The first-order valence-corrected chi connectivity index (χ1v) is 4.73. The molecular weight excluding hydrogens is 236 g/mol. The van der Waals surface area contributed by atoms with Gasteiger partial charge in [0.1, 0.15) is 10.8 Å². The van der Waals surface area contributed by atoms with Gasteiger partial charge in [0.25, 0.3) is 5.69 Å². The van der Waals surface area contributed by atoms with Crippen molar-refractivity contribution in [3.63, 3.8) is 0 Å². The summed E-state index contributed by atoms with van der Waals surface area (Å²) in [6.07, 6.45) is 0.0780. The van der Waals surface area contributed by atoms with Crippen LogP contribution in [0.15, 0.2) is 18.2 Å². The Morgan fingerprint density at radius 2 is 2.25 bits per heavy atom. The molecule has 0 saturated carbocycles. The number of primary amides is 1. The Morgan fingerprint density at radius 1 is 1.56 bits per heavy atom. The number of halogens is 1. The molecule has 1 amide bonds. The summed E-state index contributed by atoms with van der Waals surface area (Å²) in [6, 6.07) is 3.97. The van der Waals surface area contributed by atoms with Crippen LogP contribution in [0.3, 0.4) is 0 Å². The van der Waals surface area contributed by atoms with Gasteiger partial charge in [0.05, 0.1) is 18.0 Å². The van der Waals surface area contributed by atoms with Crippen molar-refractivity contribution in [3.8, 4) is 5.75 Å². The van der Waals surface area contributed by atoms with Crippen molar-refractivity contribution in [2.24, 2.45) is 5.73 Å². The fraction of sp³-hybridized carbons (Fsp3) is 0.222. The largest absolute Gasteiger partial charge is 0.493 e. The number of carbonyl (C=O) groups excluding carboxylic acids is 1. The highest BCUT2D eigenvalue weighted by Crippen LogP contribution is 2.28. The van der Waals surface area contributed by atoms with Gasteiger partial charge in [0, 0.05) is 12.1 Å². The molecule has 6 nitrogen and oxygen atoms in total. The van der Waals surface area contributed by atoms with Crippen LogP contribution in [-0.4, -0.2) is 17.4 Å². The van der Waals surface area contributed by atoms with E-state index < -0.39 is 10.8 Å². The van der Waals surface area contributed by atoms with Crippen LogP contribution in [0.2, 0.25) is 5.02 Å². The maximum Gasteiger partial charge on any atom is 0.288 e. The molecule has 0 aliphatic heterocycles. The normalized spacial score (nSPS) is 9.81. The lowest BCUT2D eigenvalue weighted by atomic mass is 10.3. The lowest BCUT2D eigenvalue weighted by molar-refractivity contribution is -0.384. The third-order valence-electron chi connectivity index (χ3n) is 1.73. The van der Waals surface area contributed by atoms with E-state index in [4.69, 9.17) is 22.1 Å². The second-order valence-corrected chi connectivity index (χ2v) is 3.34. The van der Waals surface area contributed by atoms with Gasteiger partial charge in [-0.2, -0.15) is 0 Å². The van der Waals surface area contributed by atoms with E-state index in [1.807, 2.05) is 0 Å². The molecule has 0 atom stereocenters. The Labute approximate surface area is 96.1 Å². The molecule has 0 aliphatic rings. The van der Waals surface area contributed by atoms with Gasteiger partial charge in [0.15, 0.2) is 0 Å². The molecule has 16 heavy (non-hydrogen) atoms. The van der Waals surface area contributed by atoms with E-state index in [1.165, 1.54) is 18.2 Å². The third kappa shape index (κ3) is 3.39. The van der Waals surface area contributed by atoms with Crippen molar-refractivity contribution < 1.29 is 14.5 Å². The average molecular weight is 245 g/mol. The predicted molar refractivity (Wildman–Crippen MR) is 57.4 cm³/mol. The molecule has 7 heteroatoms. The van der Waals surface area contributed by atoms with Crippen LogP contribution in [0, 0.1) is 10.1 Å². The van der Waals surface area contributed by atoms with Crippen molar-refractivity contribution >= 4 is 23.2 Å². The van der Waals surface area contributed by atoms with Crippen molar-refractivity contribution in [1.82, 2.24) is 0 Å². The number of hydrogen-bond donors (Lipinski definition) is 1. The van der Waals surface area contributed by atoms with Crippen molar-refractivity contribution in [3.05, 3.63) is 33.3 Å². The lowest BCUT2D eigenvalue weighted by Gasteiger charge is -2.04. The molecule has 1 aromatic rings. The van der Waals surface area contributed by atoms with Crippen molar-refractivity contribution in [1.29, 1.82) is 0 Å². The molecule has 0 radical (unpaired) electrons. The lowest BCUT2D eigenvalue weighted by Crippen LogP contribution is -2.14. The zero-order valence-corrected chi connectivity index (χ0v) is 8.94. The number of nitro benzene ring substituents is 1. The quantitative estimate of drug-likeness (QED) is 0.627. The molecule has 0 unspecified atom stereocenters. The second kappa shape index (κ2) is 5.32. The van der Waals surface area contributed by atoms with E-state index in [1.54, 1.807) is 0 Å². The van der Waals surface area contributed by atoms with Gasteiger partial charge in [-0.1, -0.05) is 11.6 Å². The fourth-order valence-electron chi connectivity index (χ4n) is 0.995. The number of carbonyl (C=O) groups is 1. The van der Waals surface area contributed by atoms with Crippen LogP contribution < -0.4 is 10.5 Å². The third-order valence-corrected chi connectivity index (χ3v) is 2.04. The Balaban J connectivity index is 2.66. The van der Waals surface area contributed by atoms with Gasteiger partial charge in [-0.25, -0.2) is 0 Å². The molecule has 0 spiro atoms. The summed E-state index contributed by atoms with van der Waals surface area (Å²) in [5.41, 5.74) is 4.73. The Bertz CT molecular complexity index is 422. The summed E-state index contributed by atoms with van der Waals surface area (Å²) in [6.45, 7) is 0.115. The second-order valence-electron chi connectivity index (χ2n) is 2.94. The Hall–Kier alpha value is -1.82. The van der Waals surface area contributed by atoms with Crippen LogP contribution in [0.25, 0.3) is 0 Å². The minimum atomic E-state index is -0.588. The zero-order valence-electron chi connectivity index (χ0n) is 8.18. The molecule has 0 bridgehead atoms. The topological polar surface area (TPSA) is 95.5 Å². The predicted octanol–water partition coefficient (Wildman–Crippen LogP) is 1.50. The Kier molecular flexibility index (Phi) is 4.07. The summed E-state index contributed by atoms with van der Waals surface area (Å²) in [5.74, 6) is -0.121. The van der Waals surface area contributed by atoms with Crippen LogP contribution in [0.4, 0.5) is 5.69 Å². The van der Waals surface area contributed by atoms with Crippen LogP contribution in [0.1, 0.15) is 6.42 Å². The van der Waals surface area contributed by atoms with Gasteiger partial charge < -0.3 is 10.5 Å². The maximum atomic E-state index is 10.5. The SMILES string of the molecule is NC(=O)CCOc1ccc([N+](=O)[O-])c(Cl)c1. The summed E-state index contributed by atoms with van der Waals surface area (Å²) in [4.78, 5) is 20.3. The van der Waals surface area contributed by atoms with E-state index in [0.717, 1.165) is 0 Å². The van der Waals surface area contributed by atoms with E-state index in [2.05, 4.69) is 0 Å². The van der Waals surface area contributed by atoms with Gasteiger partial charge in [-0.05, 0) is 6.07 Å². The molecule has 2 N–H and O–H groups in total. The molecule has 0 aliphatic carbocycles. The van der Waals surface area contributed by atoms with E-state index in [0.29, 0.717) is 5.75 Å². The first-order valence-electron chi connectivity index (χ1n) is 4.35. The minimum absolute atomic E-state index is 0.0124. The highest BCUT2D eigenvalue weighted by Gasteiger charge is 2.12. The van der Waals surface area contributed by atoms with E-state index >= 15 is 0 Å². The van der Waals surface area contributed by atoms with Gasteiger partial charge in [0.2, 0.25) is 5.91 Å². The van der Waals surface area contributed by atoms with Gasteiger partial charge >= 0.3 is 0 Å². The molecular formula is C9H9ClN2O4. The minimum Gasteiger partial charge on any atom is -0.493 e. The number of benzene rings is 1. The number of nitro groups is 1. The van der Waals surface area contributed by atoms with E-state index in [9.17, 15) is 14.9 Å². The van der Waals surface area contributed by atoms with Crippen molar-refractivity contribution in [2.75, 3.05) is 6.61 Å². The summed E-state index contributed by atoms with van der Waals surface area (Å²) in [7, 11) is 0. The molecule has 1 aromatic carbocycles. The fourth-order valence-corrected chi connectivity index (χ4v) is 1.23. The van der Waals surface area contributed by atoms with Crippen LogP contribution in [-0.2, 0) is 4.79 Å². The molecule has 1 rings (SSSR count). The Morgan fingerprint density at radius 3 is 2.75 bits per heavy atom. The number of nitrogens with two attached hydrogens (primary N) is 1. The van der Waals surface area contributed by atoms with Crippen LogP contribution >= 0.6 is 11.6 Å². The molecule has 0 saturated heterocycles. The van der Waals surface area contributed by atoms with Crippen molar-refractivity contribution in [2.45, 2.75) is 6.42 Å². The zero-order chi connectivity index (χ0) is 12.1. The van der Waals surface area contributed by atoms with Gasteiger partial charge in [-0.15, -0.1) is 0 Å². The highest BCUT2D eigenvalue weighted by atomic mass is 35.5. The molecule has 86 valence electrons. The number of nitrogens with zero attached hydrogens (tertiary/aromatic N) is 1. The smallest absolute Gasteiger partial charge is 0.288 e. The number of amides is 1.